The number of carbonyl (C=O) groups is 6. The van der Waals surface area contributed by atoms with E-state index in [1.54, 1.807) is 0 Å². The number of aliphatic hydroxyl groups is 1. The van der Waals surface area contributed by atoms with Crippen molar-refractivity contribution in [3.63, 3.8) is 0 Å². The Morgan fingerprint density at radius 3 is 1.73 bits per heavy atom. The van der Waals surface area contributed by atoms with Crippen LogP contribution in [-0.4, -0.2) is 86.8 Å². The van der Waals surface area contributed by atoms with Crippen molar-refractivity contribution in [2.75, 3.05) is 6.61 Å². The van der Waals surface area contributed by atoms with Crippen LogP contribution in [0.2, 0.25) is 0 Å². The average molecular weight is 526 g/mol. The number of primary amides is 1. The minimum atomic E-state index is -1.47. The van der Waals surface area contributed by atoms with Gasteiger partial charge in [0.05, 0.1) is 6.61 Å². The topological polar surface area (TPSA) is 271 Å². The number of carbonyl (C=O) groups excluding carboxylic acids is 4. The molecule has 1 aromatic carbocycles. The smallest absolute Gasteiger partial charge is 0.326 e. The molecule has 15 heteroatoms. The zero-order valence-electron chi connectivity index (χ0n) is 19.8. The van der Waals surface area contributed by atoms with Gasteiger partial charge in [0, 0.05) is 19.3 Å². The van der Waals surface area contributed by atoms with Gasteiger partial charge in [0.25, 0.3) is 0 Å². The lowest BCUT2D eigenvalue weighted by Crippen LogP contribution is -2.57. The minimum Gasteiger partial charge on any atom is -0.508 e. The second-order valence-corrected chi connectivity index (χ2v) is 8.12. The summed E-state index contributed by atoms with van der Waals surface area (Å²) in [5.74, 6) is -6.46. The van der Waals surface area contributed by atoms with Gasteiger partial charge >= 0.3 is 11.9 Å². The Hall–Kier alpha value is -4.24. The number of phenolic OH excluding ortho intramolecular Hbond substituents is 1. The third-order valence-corrected chi connectivity index (χ3v) is 5.12. The number of carboxylic acid groups (broad SMARTS) is 2. The van der Waals surface area contributed by atoms with Crippen LogP contribution in [0.4, 0.5) is 0 Å². The molecule has 0 fully saturated rings. The lowest BCUT2D eigenvalue weighted by atomic mass is 10.0. The predicted molar refractivity (Wildman–Crippen MR) is 126 cm³/mol. The highest BCUT2D eigenvalue weighted by molar-refractivity contribution is 5.94. The van der Waals surface area contributed by atoms with Crippen molar-refractivity contribution in [2.45, 2.75) is 56.3 Å². The highest BCUT2D eigenvalue weighted by Crippen LogP contribution is 2.12. The molecule has 0 saturated heterocycles. The number of aliphatic carboxylic acids is 2. The molecule has 0 aliphatic heterocycles. The standard InChI is InChI=1S/C22H31N5O10/c23-13(10-28)19(33)25-15(6-8-18(31)32)20(34)26-14(5-7-17(24)30)21(35)27-16(22(36)37)9-11-1-3-12(29)4-2-11/h1-4,13-16,28-29H,5-10,23H2,(H2,24,30)(H,25,33)(H,26,34)(H,27,35)(H,31,32)(H,36,37). The first-order valence-corrected chi connectivity index (χ1v) is 11.1. The fraction of sp³-hybridized carbons (Fsp3) is 0.455. The van der Waals surface area contributed by atoms with E-state index in [1.807, 2.05) is 0 Å². The molecule has 0 saturated carbocycles. The van der Waals surface area contributed by atoms with Gasteiger partial charge in [-0.3, -0.25) is 24.0 Å². The first-order chi connectivity index (χ1) is 17.3. The third-order valence-electron chi connectivity index (χ3n) is 5.12. The number of carboxylic acids is 2. The summed E-state index contributed by atoms with van der Waals surface area (Å²) in [6.45, 7) is -0.750. The van der Waals surface area contributed by atoms with E-state index in [0.717, 1.165) is 0 Å². The van der Waals surface area contributed by atoms with Gasteiger partial charge in [0.1, 0.15) is 29.9 Å². The normalized spacial score (nSPS) is 13.9. The molecule has 15 nitrogen and oxygen atoms in total. The highest BCUT2D eigenvalue weighted by atomic mass is 16.4. The SMILES string of the molecule is NC(=O)CCC(NC(=O)C(CCC(=O)O)NC(=O)C(N)CO)C(=O)NC(Cc1ccc(O)cc1)C(=O)O. The van der Waals surface area contributed by atoms with Crippen LogP contribution < -0.4 is 27.4 Å². The fourth-order valence-electron chi connectivity index (χ4n) is 3.07. The van der Waals surface area contributed by atoms with Gasteiger partial charge < -0.3 is 47.8 Å². The highest BCUT2D eigenvalue weighted by Gasteiger charge is 2.31. The molecule has 0 aliphatic carbocycles. The first kappa shape index (κ1) is 30.8. The Morgan fingerprint density at radius 1 is 0.784 bits per heavy atom. The number of aliphatic hydroxyl groups excluding tert-OH is 1. The van der Waals surface area contributed by atoms with Gasteiger partial charge in [0.15, 0.2) is 0 Å². The molecule has 37 heavy (non-hydrogen) atoms. The second-order valence-electron chi connectivity index (χ2n) is 8.12. The second kappa shape index (κ2) is 15.0. The van der Waals surface area contributed by atoms with E-state index in [1.165, 1.54) is 24.3 Å². The summed E-state index contributed by atoms with van der Waals surface area (Å²) in [4.78, 5) is 71.8. The van der Waals surface area contributed by atoms with E-state index in [2.05, 4.69) is 16.0 Å². The summed E-state index contributed by atoms with van der Waals surface area (Å²) in [7, 11) is 0. The fourth-order valence-corrected chi connectivity index (χ4v) is 3.07. The Morgan fingerprint density at radius 2 is 1.27 bits per heavy atom. The van der Waals surface area contributed by atoms with Crippen molar-refractivity contribution in [1.29, 1.82) is 0 Å². The van der Waals surface area contributed by atoms with Gasteiger partial charge in [-0.25, -0.2) is 4.79 Å². The molecule has 0 aliphatic rings. The maximum absolute atomic E-state index is 12.9. The number of hydrogen-bond acceptors (Lipinski definition) is 9. The number of benzene rings is 1. The molecular weight excluding hydrogens is 494 g/mol. The largest absolute Gasteiger partial charge is 0.508 e. The third kappa shape index (κ3) is 11.4. The Bertz CT molecular complexity index is 985. The molecule has 204 valence electrons. The van der Waals surface area contributed by atoms with Crippen LogP contribution in [0.25, 0.3) is 0 Å². The summed E-state index contributed by atoms with van der Waals surface area (Å²) in [6.07, 6.45) is -1.80. The van der Waals surface area contributed by atoms with Crippen LogP contribution in [-0.2, 0) is 35.2 Å². The van der Waals surface area contributed by atoms with Gasteiger partial charge in [0.2, 0.25) is 23.6 Å². The molecule has 4 unspecified atom stereocenters. The van der Waals surface area contributed by atoms with Crippen LogP contribution in [0.15, 0.2) is 24.3 Å². The molecule has 0 radical (unpaired) electrons. The van der Waals surface area contributed by atoms with Crippen LogP contribution in [0.3, 0.4) is 0 Å². The number of amides is 4. The van der Waals surface area contributed by atoms with E-state index in [4.69, 9.17) is 21.7 Å². The summed E-state index contributed by atoms with van der Waals surface area (Å²) >= 11 is 0. The molecule has 0 aromatic heterocycles. The van der Waals surface area contributed by atoms with E-state index in [9.17, 15) is 39.0 Å². The van der Waals surface area contributed by atoms with Gasteiger partial charge in [-0.1, -0.05) is 12.1 Å². The maximum Gasteiger partial charge on any atom is 0.326 e. The number of rotatable bonds is 16. The number of hydrogen-bond donors (Lipinski definition) is 9. The van der Waals surface area contributed by atoms with Crippen molar-refractivity contribution in [3.8, 4) is 5.75 Å². The van der Waals surface area contributed by atoms with E-state index in [0.29, 0.717) is 5.56 Å². The van der Waals surface area contributed by atoms with Crippen molar-refractivity contribution < 1.29 is 49.2 Å². The van der Waals surface area contributed by atoms with E-state index < -0.39 is 79.2 Å². The zero-order valence-corrected chi connectivity index (χ0v) is 19.8. The van der Waals surface area contributed by atoms with Crippen molar-refractivity contribution in [2.24, 2.45) is 11.5 Å². The summed E-state index contributed by atoms with van der Waals surface area (Å²) in [5, 5.41) is 43.6. The van der Waals surface area contributed by atoms with Crippen LogP contribution >= 0.6 is 0 Å². The number of nitrogens with two attached hydrogens (primary N) is 2. The number of phenols is 1. The molecule has 1 rings (SSSR count). The molecular formula is C22H31N5O10. The van der Waals surface area contributed by atoms with Crippen molar-refractivity contribution in [1.82, 2.24) is 16.0 Å². The quantitative estimate of drug-likeness (QED) is 0.104. The van der Waals surface area contributed by atoms with E-state index >= 15 is 0 Å². The minimum absolute atomic E-state index is 0.0432. The first-order valence-electron chi connectivity index (χ1n) is 11.1. The number of nitrogens with one attached hydrogen (secondary N) is 3. The predicted octanol–water partition coefficient (Wildman–Crippen LogP) is -3.08. The average Bonchev–Trinajstić information content (AvgIpc) is 2.83. The molecule has 0 heterocycles. The molecule has 0 spiro atoms. The molecule has 1 aromatic rings. The Labute approximate surface area is 211 Å². The van der Waals surface area contributed by atoms with Crippen molar-refractivity contribution in [3.05, 3.63) is 29.8 Å². The molecule has 4 amide bonds. The lowest BCUT2D eigenvalue weighted by molar-refractivity contribution is -0.142. The lowest BCUT2D eigenvalue weighted by Gasteiger charge is -2.25. The monoisotopic (exact) mass is 525 g/mol. The molecule has 4 atom stereocenters. The summed E-state index contributed by atoms with van der Waals surface area (Å²) < 4.78 is 0. The van der Waals surface area contributed by atoms with Crippen LogP contribution in [0.1, 0.15) is 31.2 Å². The Kier molecular flexibility index (Phi) is 12.5. The van der Waals surface area contributed by atoms with Gasteiger partial charge in [-0.05, 0) is 30.5 Å². The Balaban J connectivity index is 3.06. The summed E-state index contributed by atoms with van der Waals surface area (Å²) in [5.41, 5.74) is 11.0. The van der Waals surface area contributed by atoms with Crippen LogP contribution in [0.5, 0.6) is 5.75 Å². The van der Waals surface area contributed by atoms with Crippen LogP contribution in [0, 0.1) is 0 Å². The maximum atomic E-state index is 12.9. The number of aromatic hydroxyl groups is 1. The van der Waals surface area contributed by atoms with Gasteiger partial charge in [-0.2, -0.15) is 0 Å². The van der Waals surface area contributed by atoms with E-state index in [-0.39, 0.29) is 25.0 Å². The molecule has 0 bridgehead atoms. The summed E-state index contributed by atoms with van der Waals surface area (Å²) in [6, 6.07) is -0.219. The van der Waals surface area contributed by atoms with Gasteiger partial charge in [-0.15, -0.1) is 0 Å². The van der Waals surface area contributed by atoms with Crippen molar-refractivity contribution >= 4 is 35.6 Å². The molecule has 11 N–H and O–H groups in total. The zero-order chi connectivity index (χ0) is 28.1.